The lowest BCUT2D eigenvalue weighted by Gasteiger charge is -2.18. The molecule has 4 heterocycles. The second kappa shape index (κ2) is 8.37. The summed E-state index contributed by atoms with van der Waals surface area (Å²) in [6.07, 6.45) is -2.74. The standard InChI is InChI=1S/C25H23F3N6O/c1-14(16-6-4-7-17(12-16)25(26,27)28)30-21-20-13-19(18-8-5-10-33(3)24(18)35)22-29-9-11-34(22)23(20)32-15(2)31-21/h4-8,10,12-14,29H,9,11H2,1-3H3/t14-/m1/s1. The van der Waals surface area contributed by atoms with Crippen molar-refractivity contribution < 1.29 is 13.2 Å². The quantitative estimate of drug-likeness (QED) is 0.478. The van der Waals surface area contributed by atoms with Crippen LogP contribution in [0.4, 0.5) is 19.0 Å². The van der Waals surface area contributed by atoms with Gasteiger partial charge in [0, 0.05) is 31.9 Å². The summed E-state index contributed by atoms with van der Waals surface area (Å²) in [6, 6.07) is 9.98. The Labute approximate surface area is 199 Å². The molecule has 5 rings (SSSR count). The Morgan fingerprint density at radius 2 is 1.89 bits per heavy atom. The molecule has 0 fully saturated rings. The third kappa shape index (κ3) is 4.09. The van der Waals surface area contributed by atoms with Gasteiger partial charge in [0.15, 0.2) is 5.49 Å². The van der Waals surface area contributed by atoms with Crippen LogP contribution in [0.15, 0.2) is 58.4 Å². The van der Waals surface area contributed by atoms with Crippen molar-refractivity contribution in [1.82, 2.24) is 19.1 Å². The molecule has 3 aliphatic rings. The first-order chi connectivity index (χ1) is 16.6. The van der Waals surface area contributed by atoms with Crippen LogP contribution in [0.5, 0.6) is 0 Å². The van der Waals surface area contributed by atoms with Gasteiger partial charge in [-0.1, -0.05) is 12.1 Å². The van der Waals surface area contributed by atoms with Gasteiger partial charge in [0.25, 0.3) is 5.56 Å². The molecule has 1 atom stereocenters. The fourth-order valence-corrected chi connectivity index (χ4v) is 4.38. The van der Waals surface area contributed by atoms with Crippen molar-refractivity contribution in [2.45, 2.75) is 32.6 Å². The Balaban J connectivity index is 1.73. The summed E-state index contributed by atoms with van der Waals surface area (Å²) in [7, 11) is 1.69. The molecule has 0 unspecified atom stereocenters. The number of benzene rings is 1. The van der Waals surface area contributed by atoms with Crippen LogP contribution in [-0.4, -0.2) is 25.6 Å². The maximum atomic E-state index is 13.2. The van der Waals surface area contributed by atoms with Crippen molar-refractivity contribution >= 4 is 5.82 Å². The molecule has 180 valence electrons. The molecule has 3 aliphatic heterocycles. The fourth-order valence-electron chi connectivity index (χ4n) is 4.38. The third-order valence-corrected chi connectivity index (χ3v) is 6.14. The van der Waals surface area contributed by atoms with Crippen LogP contribution in [-0.2, 0) is 19.8 Å². The van der Waals surface area contributed by atoms with E-state index in [1.54, 1.807) is 45.3 Å². The monoisotopic (exact) mass is 480 g/mol. The van der Waals surface area contributed by atoms with E-state index >= 15 is 0 Å². The number of aromatic nitrogens is 4. The van der Waals surface area contributed by atoms with E-state index in [1.165, 1.54) is 10.6 Å². The average Bonchev–Trinajstić information content (AvgIpc) is 3.31. The number of rotatable bonds is 3. The molecule has 0 saturated carbocycles. The minimum Gasteiger partial charge on any atom is -0.369 e. The molecule has 1 aromatic carbocycles. The van der Waals surface area contributed by atoms with E-state index in [0.717, 1.165) is 18.0 Å². The number of pyridine rings is 2. The highest BCUT2D eigenvalue weighted by atomic mass is 19.4. The minimum absolute atomic E-state index is 0.146. The molecule has 7 nitrogen and oxygen atoms in total. The van der Waals surface area contributed by atoms with Crippen molar-refractivity contribution in [2.75, 3.05) is 11.9 Å². The summed E-state index contributed by atoms with van der Waals surface area (Å²) >= 11 is 0. The number of aryl methyl sites for hydroxylation is 2. The van der Waals surface area contributed by atoms with Crippen LogP contribution < -0.4 is 16.4 Å². The summed E-state index contributed by atoms with van der Waals surface area (Å²) < 4.78 is 43.2. The normalized spacial score (nSPS) is 14.7. The SMILES string of the molecule is Cc1nc2n3c(c(-c4cccn(C)c4=O)cc-2c(=N[C@H](C)c2cccc(C(F)(F)F)c2)n1)NCC3. The fraction of sp³-hybridized carbons (Fsp3) is 0.280. The number of nitrogens with one attached hydrogen (secondary N) is 1. The summed E-state index contributed by atoms with van der Waals surface area (Å²) in [6.45, 7) is 4.81. The molecule has 0 amide bonds. The molecule has 0 saturated heterocycles. The molecule has 0 radical (unpaired) electrons. The van der Waals surface area contributed by atoms with Crippen molar-refractivity contribution in [2.24, 2.45) is 12.0 Å². The van der Waals surface area contributed by atoms with Crippen molar-refractivity contribution in [3.05, 3.63) is 81.5 Å². The highest BCUT2D eigenvalue weighted by molar-refractivity contribution is 5.81. The largest absolute Gasteiger partial charge is 0.416 e. The van der Waals surface area contributed by atoms with Gasteiger partial charge < -0.3 is 14.5 Å². The van der Waals surface area contributed by atoms with Crippen LogP contribution in [0.25, 0.3) is 22.5 Å². The van der Waals surface area contributed by atoms with Gasteiger partial charge in [-0.2, -0.15) is 13.2 Å². The first kappa shape index (κ1) is 22.8. The van der Waals surface area contributed by atoms with E-state index in [2.05, 4.69) is 15.3 Å². The van der Waals surface area contributed by atoms with Crippen molar-refractivity contribution in [1.29, 1.82) is 0 Å². The van der Waals surface area contributed by atoms with Gasteiger partial charge in [0.1, 0.15) is 17.5 Å². The number of hydrogen-bond donors (Lipinski definition) is 1. The van der Waals surface area contributed by atoms with Gasteiger partial charge in [-0.3, -0.25) is 9.79 Å². The molecule has 1 aromatic heterocycles. The Kier molecular flexibility index (Phi) is 5.46. The number of fused-ring (bicyclic) bond motifs is 3. The van der Waals surface area contributed by atoms with Gasteiger partial charge >= 0.3 is 6.18 Å². The highest BCUT2D eigenvalue weighted by Gasteiger charge is 2.31. The number of nitrogens with zero attached hydrogens (tertiary/aromatic N) is 5. The van der Waals surface area contributed by atoms with Crippen LogP contribution in [0, 0.1) is 6.92 Å². The predicted molar refractivity (Wildman–Crippen MR) is 126 cm³/mol. The number of halogens is 3. The molecule has 0 aliphatic carbocycles. The van der Waals surface area contributed by atoms with Gasteiger partial charge in [-0.05, 0) is 49.7 Å². The summed E-state index contributed by atoms with van der Waals surface area (Å²) in [4.78, 5) is 26.8. The molecule has 2 aromatic rings. The first-order valence-electron chi connectivity index (χ1n) is 11.2. The Bertz CT molecular complexity index is 1540. The predicted octanol–water partition coefficient (Wildman–Crippen LogP) is 4.16. The van der Waals surface area contributed by atoms with Gasteiger partial charge in [-0.25, -0.2) is 9.97 Å². The van der Waals surface area contributed by atoms with Crippen LogP contribution in [0.3, 0.4) is 0 Å². The maximum Gasteiger partial charge on any atom is 0.416 e. The molecular weight excluding hydrogens is 457 g/mol. The molecule has 0 spiro atoms. The molecule has 10 heteroatoms. The van der Waals surface area contributed by atoms with Crippen molar-refractivity contribution in [3.63, 3.8) is 0 Å². The lowest BCUT2D eigenvalue weighted by molar-refractivity contribution is -0.137. The van der Waals surface area contributed by atoms with Gasteiger partial charge in [0.2, 0.25) is 0 Å². The lowest BCUT2D eigenvalue weighted by atomic mass is 10.0. The highest BCUT2D eigenvalue weighted by Crippen LogP contribution is 2.35. The Morgan fingerprint density at radius 1 is 1.09 bits per heavy atom. The van der Waals surface area contributed by atoms with E-state index in [9.17, 15) is 18.0 Å². The first-order valence-corrected chi connectivity index (χ1v) is 11.2. The summed E-state index contributed by atoms with van der Waals surface area (Å²) in [5.41, 5.74) is 1.78. The molecular formula is C25H23F3N6O. The second-order valence-corrected chi connectivity index (χ2v) is 8.58. The van der Waals surface area contributed by atoms with Crippen molar-refractivity contribution in [3.8, 4) is 22.5 Å². The topological polar surface area (TPSA) is 77.1 Å². The van der Waals surface area contributed by atoms with Gasteiger partial charge in [-0.15, -0.1) is 0 Å². The van der Waals surface area contributed by atoms with E-state index < -0.39 is 17.8 Å². The van der Waals surface area contributed by atoms with Crippen LogP contribution in [0.1, 0.15) is 29.9 Å². The molecule has 0 bridgehead atoms. The minimum atomic E-state index is -4.44. The molecule has 35 heavy (non-hydrogen) atoms. The van der Waals surface area contributed by atoms with Crippen LogP contribution >= 0.6 is 0 Å². The number of anilines is 1. The number of alkyl halides is 3. The smallest absolute Gasteiger partial charge is 0.369 e. The van der Waals surface area contributed by atoms with Crippen LogP contribution in [0.2, 0.25) is 0 Å². The van der Waals surface area contributed by atoms with Gasteiger partial charge in [0.05, 0.1) is 22.7 Å². The zero-order valence-electron chi connectivity index (χ0n) is 19.4. The van der Waals surface area contributed by atoms with E-state index in [-0.39, 0.29) is 5.56 Å². The zero-order chi connectivity index (χ0) is 24.9. The average molecular weight is 480 g/mol. The third-order valence-electron chi connectivity index (χ3n) is 6.14. The zero-order valence-corrected chi connectivity index (χ0v) is 19.4. The lowest BCUT2D eigenvalue weighted by Crippen LogP contribution is -2.22. The summed E-state index contributed by atoms with van der Waals surface area (Å²) in [5, 5.41) is 3.35. The summed E-state index contributed by atoms with van der Waals surface area (Å²) in [5.74, 6) is 1.94. The van der Waals surface area contributed by atoms with E-state index in [0.29, 0.717) is 52.5 Å². The second-order valence-electron chi connectivity index (χ2n) is 8.58. The number of hydrogen-bond acceptors (Lipinski definition) is 5. The van der Waals surface area contributed by atoms with E-state index in [1.807, 2.05) is 10.6 Å². The molecule has 1 N–H and O–H groups in total. The Morgan fingerprint density at radius 3 is 2.66 bits per heavy atom. The maximum absolute atomic E-state index is 13.2. The van der Waals surface area contributed by atoms with E-state index in [4.69, 9.17) is 4.99 Å². The Hall–Kier alpha value is -3.95.